The van der Waals surface area contributed by atoms with Crippen LogP contribution in [0.25, 0.3) is 11.3 Å². The molecule has 0 atom stereocenters. The molecule has 1 saturated heterocycles. The van der Waals surface area contributed by atoms with Crippen LogP contribution in [-0.2, 0) is 9.53 Å². The average Bonchev–Trinajstić information content (AvgIpc) is 2.90. The quantitative estimate of drug-likeness (QED) is 0.466. The Hall–Kier alpha value is -4.00. The normalized spacial score (nSPS) is 13.7. The van der Waals surface area contributed by atoms with E-state index in [0.29, 0.717) is 29.5 Å². The van der Waals surface area contributed by atoms with Crippen LogP contribution in [-0.4, -0.2) is 60.2 Å². The molecule has 36 heavy (non-hydrogen) atoms. The van der Waals surface area contributed by atoms with Gasteiger partial charge in [-0.3, -0.25) is 9.69 Å². The number of anilines is 3. The first-order chi connectivity index (χ1) is 17.5. The summed E-state index contributed by atoms with van der Waals surface area (Å²) in [7, 11) is 0. The molecule has 2 aromatic carbocycles. The van der Waals surface area contributed by atoms with Crippen molar-refractivity contribution in [1.82, 2.24) is 14.9 Å². The number of nitrogens with zero attached hydrogens (tertiary/aromatic N) is 4. The molecule has 0 spiro atoms. The van der Waals surface area contributed by atoms with Gasteiger partial charge in [-0.15, -0.1) is 0 Å². The van der Waals surface area contributed by atoms with Crippen LogP contribution in [0.2, 0.25) is 0 Å². The summed E-state index contributed by atoms with van der Waals surface area (Å²) in [5.41, 5.74) is 3.10. The molecule has 9 nitrogen and oxygen atoms in total. The fourth-order valence-corrected chi connectivity index (χ4v) is 3.64. The van der Waals surface area contributed by atoms with Gasteiger partial charge in [-0.1, -0.05) is 19.9 Å². The van der Waals surface area contributed by atoms with Crippen LogP contribution in [0.1, 0.15) is 19.4 Å². The van der Waals surface area contributed by atoms with E-state index in [9.17, 15) is 10.1 Å². The lowest BCUT2D eigenvalue weighted by molar-refractivity contribution is -0.118. The first-order valence-corrected chi connectivity index (χ1v) is 12.0. The van der Waals surface area contributed by atoms with E-state index < -0.39 is 0 Å². The number of nitriles is 1. The number of carbonyl (C=O) groups excluding carboxylic acids is 1. The van der Waals surface area contributed by atoms with Crippen LogP contribution < -0.4 is 15.4 Å². The molecule has 1 fully saturated rings. The van der Waals surface area contributed by atoms with Crippen molar-refractivity contribution in [3.8, 4) is 23.1 Å². The zero-order valence-corrected chi connectivity index (χ0v) is 20.5. The molecule has 2 N–H and O–H groups in total. The SMILES string of the molecule is CC(C)C(=O)Nc1ccc(-c2ccnc(Nc3ccc(OCCN4CCOCC4)cc3)n2)cc1C#N. The Kier molecular flexibility index (Phi) is 8.44. The molecule has 4 rings (SSSR count). The molecule has 0 aliphatic carbocycles. The third-order valence-electron chi connectivity index (χ3n) is 5.76. The zero-order valence-electron chi connectivity index (χ0n) is 20.5. The van der Waals surface area contributed by atoms with E-state index >= 15 is 0 Å². The summed E-state index contributed by atoms with van der Waals surface area (Å²) in [5.74, 6) is 0.921. The number of aromatic nitrogens is 2. The zero-order chi connectivity index (χ0) is 25.3. The van der Waals surface area contributed by atoms with Gasteiger partial charge in [0.15, 0.2) is 0 Å². The number of hydrogen-bond donors (Lipinski definition) is 2. The Morgan fingerprint density at radius 3 is 2.67 bits per heavy atom. The third kappa shape index (κ3) is 6.78. The summed E-state index contributed by atoms with van der Waals surface area (Å²) in [6, 6.07) is 16.8. The van der Waals surface area contributed by atoms with E-state index in [1.165, 1.54) is 0 Å². The maximum atomic E-state index is 12.0. The minimum absolute atomic E-state index is 0.138. The Morgan fingerprint density at radius 2 is 1.94 bits per heavy atom. The molecule has 0 bridgehead atoms. The van der Waals surface area contributed by atoms with Gasteiger partial charge >= 0.3 is 0 Å². The molecule has 1 aliphatic heterocycles. The second-order valence-corrected chi connectivity index (χ2v) is 8.73. The Labute approximate surface area is 211 Å². The summed E-state index contributed by atoms with van der Waals surface area (Å²) in [4.78, 5) is 23.3. The molecule has 0 saturated carbocycles. The number of nitrogens with one attached hydrogen (secondary N) is 2. The summed E-state index contributed by atoms with van der Waals surface area (Å²) in [6.45, 7) is 8.57. The number of benzene rings is 2. The van der Waals surface area contributed by atoms with Gasteiger partial charge in [0.2, 0.25) is 11.9 Å². The Morgan fingerprint density at radius 1 is 1.17 bits per heavy atom. The average molecular weight is 487 g/mol. The Balaban J connectivity index is 1.38. The van der Waals surface area contributed by atoms with Gasteiger partial charge in [0.25, 0.3) is 0 Å². The van der Waals surface area contributed by atoms with E-state index in [4.69, 9.17) is 9.47 Å². The molecular weight excluding hydrogens is 456 g/mol. The summed E-state index contributed by atoms with van der Waals surface area (Å²) in [5, 5.41) is 15.6. The van der Waals surface area contributed by atoms with Crippen LogP contribution >= 0.6 is 0 Å². The smallest absolute Gasteiger partial charge is 0.227 e. The van der Waals surface area contributed by atoms with Crippen molar-refractivity contribution in [3.63, 3.8) is 0 Å². The van der Waals surface area contributed by atoms with E-state index in [1.807, 2.05) is 30.3 Å². The molecule has 186 valence electrons. The van der Waals surface area contributed by atoms with Crippen molar-refractivity contribution in [2.24, 2.45) is 5.92 Å². The number of carbonyl (C=O) groups is 1. The highest BCUT2D eigenvalue weighted by Crippen LogP contribution is 2.25. The second kappa shape index (κ2) is 12.1. The molecule has 1 aromatic heterocycles. The molecule has 9 heteroatoms. The number of hydrogen-bond acceptors (Lipinski definition) is 8. The highest BCUT2D eigenvalue weighted by molar-refractivity contribution is 5.93. The van der Waals surface area contributed by atoms with Gasteiger partial charge in [0.1, 0.15) is 18.4 Å². The van der Waals surface area contributed by atoms with Crippen molar-refractivity contribution in [1.29, 1.82) is 5.26 Å². The van der Waals surface area contributed by atoms with Crippen molar-refractivity contribution in [2.75, 3.05) is 50.1 Å². The standard InChI is InChI=1S/C27H30N6O3/c1-19(2)26(34)31-24-8-3-20(17-21(24)18-28)25-9-10-29-27(32-25)30-22-4-6-23(7-5-22)36-16-13-33-11-14-35-15-12-33/h3-10,17,19H,11-16H2,1-2H3,(H,31,34)(H,29,30,32). The fourth-order valence-electron chi connectivity index (χ4n) is 3.64. The number of rotatable bonds is 9. The highest BCUT2D eigenvalue weighted by Gasteiger charge is 2.13. The molecule has 1 amide bonds. The maximum absolute atomic E-state index is 12.0. The van der Waals surface area contributed by atoms with Crippen molar-refractivity contribution < 1.29 is 14.3 Å². The first-order valence-electron chi connectivity index (χ1n) is 12.0. The largest absolute Gasteiger partial charge is 0.492 e. The lowest BCUT2D eigenvalue weighted by Gasteiger charge is -2.26. The lowest BCUT2D eigenvalue weighted by Crippen LogP contribution is -2.38. The number of morpholine rings is 1. The van der Waals surface area contributed by atoms with Crippen LogP contribution in [0, 0.1) is 17.2 Å². The second-order valence-electron chi connectivity index (χ2n) is 8.73. The monoisotopic (exact) mass is 486 g/mol. The van der Waals surface area contributed by atoms with Gasteiger partial charge < -0.3 is 20.1 Å². The van der Waals surface area contributed by atoms with E-state index in [-0.39, 0.29) is 11.8 Å². The van der Waals surface area contributed by atoms with Crippen LogP contribution in [0.15, 0.2) is 54.7 Å². The topological polar surface area (TPSA) is 112 Å². The van der Waals surface area contributed by atoms with Crippen molar-refractivity contribution in [3.05, 3.63) is 60.3 Å². The molecule has 0 radical (unpaired) electrons. The number of ether oxygens (including phenoxy) is 2. The first kappa shape index (κ1) is 25.1. The lowest BCUT2D eigenvalue weighted by atomic mass is 10.1. The van der Waals surface area contributed by atoms with Gasteiger partial charge in [-0.05, 0) is 42.5 Å². The van der Waals surface area contributed by atoms with Gasteiger partial charge in [0.05, 0.1) is 30.2 Å². The summed E-state index contributed by atoms with van der Waals surface area (Å²) in [6.07, 6.45) is 1.66. The molecule has 0 unspecified atom stereocenters. The van der Waals surface area contributed by atoms with Crippen LogP contribution in [0.4, 0.5) is 17.3 Å². The fraction of sp³-hybridized carbons (Fsp3) is 0.333. The molecular formula is C27H30N6O3. The highest BCUT2D eigenvalue weighted by atomic mass is 16.5. The number of amides is 1. The van der Waals surface area contributed by atoms with E-state index in [0.717, 1.165) is 49.8 Å². The predicted molar refractivity (Wildman–Crippen MR) is 138 cm³/mol. The van der Waals surface area contributed by atoms with E-state index in [1.54, 1.807) is 38.2 Å². The molecule has 3 aromatic rings. The minimum Gasteiger partial charge on any atom is -0.492 e. The van der Waals surface area contributed by atoms with Crippen LogP contribution in [0.5, 0.6) is 5.75 Å². The predicted octanol–water partition coefficient (Wildman–Crippen LogP) is 4.06. The Bertz CT molecular complexity index is 1220. The molecule has 2 heterocycles. The van der Waals surface area contributed by atoms with Gasteiger partial charge in [-0.2, -0.15) is 5.26 Å². The van der Waals surface area contributed by atoms with Gasteiger partial charge in [-0.25, -0.2) is 9.97 Å². The van der Waals surface area contributed by atoms with E-state index in [2.05, 4.69) is 31.6 Å². The van der Waals surface area contributed by atoms with Gasteiger partial charge in [0, 0.05) is 43.0 Å². The minimum atomic E-state index is -0.178. The van der Waals surface area contributed by atoms with Crippen molar-refractivity contribution >= 4 is 23.2 Å². The van der Waals surface area contributed by atoms with Crippen LogP contribution in [0.3, 0.4) is 0 Å². The maximum Gasteiger partial charge on any atom is 0.227 e. The third-order valence-corrected chi connectivity index (χ3v) is 5.76. The van der Waals surface area contributed by atoms with Crippen molar-refractivity contribution in [2.45, 2.75) is 13.8 Å². The summed E-state index contributed by atoms with van der Waals surface area (Å²) < 4.78 is 11.2. The summed E-state index contributed by atoms with van der Waals surface area (Å²) >= 11 is 0. The molecule has 1 aliphatic rings.